The highest BCUT2D eigenvalue weighted by atomic mass is 16.6. The Morgan fingerprint density at radius 3 is 2.46 bits per heavy atom. The second-order valence-corrected chi connectivity index (χ2v) is 5.69. The van der Waals surface area contributed by atoms with Gasteiger partial charge in [-0.05, 0) is 11.1 Å². The SMILES string of the molecule is CC(=O)N[C@H](CC(=O)NCc1cc([N+](=O)[O-])ccc1[O-])c1ccccc1. The topological polar surface area (TPSA) is 124 Å². The van der Waals surface area contributed by atoms with Crippen LogP contribution in [0.1, 0.15) is 30.5 Å². The van der Waals surface area contributed by atoms with Crippen molar-refractivity contribution in [1.82, 2.24) is 10.6 Å². The number of rotatable bonds is 7. The van der Waals surface area contributed by atoms with Crippen LogP contribution in [0.3, 0.4) is 0 Å². The Morgan fingerprint density at radius 1 is 1.15 bits per heavy atom. The summed E-state index contributed by atoms with van der Waals surface area (Å²) in [4.78, 5) is 33.8. The smallest absolute Gasteiger partial charge is 0.269 e. The monoisotopic (exact) mass is 356 g/mol. The molecule has 2 aromatic rings. The Bertz CT molecular complexity index is 808. The molecule has 0 fully saturated rings. The molecule has 0 heterocycles. The van der Waals surface area contributed by atoms with Crippen molar-refractivity contribution in [3.63, 3.8) is 0 Å². The third-order valence-electron chi connectivity index (χ3n) is 3.70. The van der Waals surface area contributed by atoms with E-state index in [0.29, 0.717) is 0 Å². The van der Waals surface area contributed by atoms with Crippen LogP contribution in [0.4, 0.5) is 5.69 Å². The van der Waals surface area contributed by atoms with Crippen molar-refractivity contribution in [3.8, 4) is 5.75 Å². The van der Waals surface area contributed by atoms with Crippen molar-refractivity contribution in [1.29, 1.82) is 0 Å². The molecule has 0 aliphatic rings. The molecule has 0 unspecified atom stereocenters. The van der Waals surface area contributed by atoms with E-state index in [1.165, 1.54) is 6.92 Å². The first kappa shape index (κ1) is 18.9. The lowest BCUT2D eigenvalue weighted by molar-refractivity contribution is -0.385. The highest BCUT2D eigenvalue weighted by molar-refractivity contribution is 5.79. The zero-order valence-electron chi connectivity index (χ0n) is 14.1. The highest BCUT2D eigenvalue weighted by Gasteiger charge is 2.17. The standard InChI is InChI=1S/C18H19N3O5/c1-12(22)20-16(13-5-3-2-4-6-13)10-18(24)19-11-14-9-15(21(25)26)7-8-17(14)23/h2-9,16,23H,10-11H2,1H3,(H,19,24)(H,20,22)/p-1/t16-/m1/s1. The van der Waals surface area contributed by atoms with E-state index in [0.717, 1.165) is 23.8 Å². The number of nitrogens with one attached hydrogen (secondary N) is 2. The molecule has 2 N–H and O–H groups in total. The van der Waals surface area contributed by atoms with Crippen molar-refractivity contribution in [2.75, 3.05) is 0 Å². The fraction of sp³-hybridized carbons (Fsp3) is 0.222. The summed E-state index contributed by atoms with van der Waals surface area (Å²) in [6.45, 7) is 1.24. The number of hydrogen-bond donors (Lipinski definition) is 2. The number of amides is 2. The maximum absolute atomic E-state index is 12.2. The van der Waals surface area contributed by atoms with Crippen molar-refractivity contribution >= 4 is 17.5 Å². The normalized spacial score (nSPS) is 11.4. The molecule has 136 valence electrons. The zero-order valence-corrected chi connectivity index (χ0v) is 14.1. The second-order valence-electron chi connectivity index (χ2n) is 5.69. The fourth-order valence-electron chi connectivity index (χ4n) is 2.45. The summed E-state index contributed by atoms with van der Waals surface area (Å²) in [5.74, 6) is -1.05. The average Bonchev–Trinajstić information content (AvgIpc) is 2.60. The summed E-state index contributed by atoms with van der Waals surface area (Å²) in [6, 6.07) is 11.9. The number of carbonyl (C=O) groups is 2. The number of hydrogen-bond acceptors (Lipinski definition) is 5. The quantitative estimate of drug-likeness (QED) is 0.575. The van der Waals surface area contributed by atoms with E-state index < -0.39 is 22.6 Å². The van der Waals surface area contributed by atoms with Gasteiger partial charge in [-0.3, -0.25) is 19.7 Å². The summed E-state index contributed by atoms with van der Waals surface area (Å²) in [5, 5.41) is 27.8. The van der Waals surface area contributed by atoms with E-state index in [4.69, 9.17) is 0 Å². The first-order valence-corrected chi connectivity index (χ1v) is 7.90. The minimum absolute atomic E-state index is 0.0211. The molecule has 0 aromatic heterocycles. The third-order valence-corrected chi connectivity index (χ3v) is 3.70. The minimum atomic E-state index is -0.604. The molecule has 0 aliphatic carbocycles. The van der Waals surface area contributed by atoms with E-state index in [-0.39, 0.29) is 30.1 Å². The van der Waals surface area contributed by atoms with Gasteiger partial charge in [0.25, 0.3) is 5.69 Å². The lowest BCUT2D eigenvalue weighted by atomic mass is 10.0. The Morgan fingerprint density at radius 2 is 1.85 bits per heavy atom. The van der Waals surface area contributed by atoms with Crippen LogP contribution in [-0.2, 0) is 16.1 Å². The number of nitrogens with zero attached hydrogens (tertiary/aromatic N) is 1. The molecule has 2 amide bonds. The Kier molecular flexibility index (Phi) is 6.26. The third kappa shape index (κ3) is 5.30. The molecule has 0 saturated heterocycles. The van der Waals surface area contributed by atoms with E-state index in [1.807, 2.05) is 6.07 Å². The summed E-state index contributed by atoms with van der Waals surface area (Å²) in [5.41, 5.74) is 0.690. The molecule has 0 aliphatic heterocycles. The average molecular weight is 356 g/mol. The Balaban J connectivity index is 2.03. The van der Waals surface area contributed by atoms with Crippen LogP contribution in [0, 0.1) is 10.1 Å². The van der Waals surface area contributed by atoms with E-state index >= 15 is 0 Å². The number of nitro groups is 1. The van der Waals surface area contributed by atoms with Crippen LogP contribution < -0.4 is 15.7 Å². The van der Waals surface area contributed by atoms with Crippen molar-refractivity contribution < 1.29 is 19.6 Å². The van der Waals surface area contributed by atoms with E-state index in [1.54, 1.807) is 24.3 Å². The van der Waals surface area contributed by atoms with Gasteiger partial charge < -0.3 is 15.7 Å². The van der Waals surface area contributed by atoms with Crippen LogP contribution in [0.2, 0.25) is 0 Å². The Hall–Kier alpha value is -3.42. The summed E-state index contributed by atoms with van der Waals surface area (Å²) >= 11 is 0. The van der Waals surface area contributed by atoms with Crippen LogP contribution in [-0.4, -0.2) is 16.7 Å². The zero-order chi connectivity index (χ0) is 19.1. The molecular weight excluding hydrogens is 338 g/mol. The highest BCUT2D eigenvalue weighted by Crippen LogP contribution is 2.21. The lowest BCUT2D eigenvalue weighted by Gasteiger charge is -2.19. The molecule has 8 heteroatoms. The Labute approximate surface area is 150 Å². The number of nitro benzene ring substituents is 1. The van der Waals surface area contributed by atoms with Crippen molar-refractivity contribution in [3.05, 3.63) is 69.8 Å². The van der Waals surface area contributed by atoms with Gasteiger partial charge in [0, 0.05) is 25.6 Å². The fourth-order valence-corrected chi connectivity index (χ4v) is 2.45. The maximum atomic E-state index is 12.2. The van der Waals surface area contributed by atoms with Crippen LogP contribution in [0.5, 0.6) is 5.75 Å². The lowest BCUT2D eigenvalue weighted by Crippen LogP contribution is -2.32. The van der Waals surface area contributed by atoms with Gasteiger partial charge in [0.15, 0.2) is 0 Å². The molecule has 8 nitrogen and oxygen atoms in total. The van der Waals surface area contributed by atoms with Crippen molar-refractivity contribution in [2.24, 2.45) is 0 Å². The maximum Gasteiger partial charge on any atom is 0.269 e. The molecule has 2 aromatic carbocycles. The molecular formula is C18H18N3O5-. The van der Waals surface area contributed by atoms with Gasteiger partial charge in [-0.25, -0.2) is 0 Å². The van der Waals surface area contributed by atoms with Crippen molar-refractivity contribution in [2.45, 2.75) is 25.9 Å². The van der Waals surface area contributed by atoms with E-state index in [9.17, 15) is 24.8 Å². The van der Waals surface area contributed by atoms with Crippen LogP contribution >= 0.6 is 0 Å². The van der Waals surface area contributed by atoms with Gasteiger partial charge in [-0.1, -0.05) is 36.4 Å². The summed E-state index contributed by atoms with van der Waals surface area (Å²) in [7, 11) is 0. The summed E-state index contributed by atoms with van der Waals surface area (Å²) in [6.07, 6.45) is -0.0211. The predicted octanol–water partition coefficient (Wildman–Crippen LogP) is 1.55. The number of benzene rings is 2. The van der Waals surface area contributed by atoms with Gasteiger partial charge in [-0.15, -0.1) is 5.75 Å². The van der Waals surface area contributed by atoms with Gasteiger partial charge in [-0.2, -0.15) is 0 Å². The van der Waals surface area contributed by atoms with Gasteiger partial charge in [0.2, 0.25) is 11.8 Å². The number of carbonyl (C=O) groups excluding carboxylic acids is 2. The largest absolute Gasteiger partial charge is 0.872 e. The molecule has 0 radical (unpaired) electrons. The van der Waals surface area contributed by atoms with Crippen LogP contribution in [0.25, 0.3) is 0 Å². The molecule has 1 atom stereocenters. The summed E-state index contributed by atoms with van der Waals surface area (Å²) < 4.78 is 0. The van der Waals surface area contributed by atoms with E-state index in [2.05, 4.69) is 10.6 Å². The second kappa shape index (κ2) is 8.61. The number of non-ortho nitro benzene ring substituents is 1. The molecule has 0 bridgehead atoms. The van der Waals surface area contributed by atoms with Gasteiger partial charge >= 0.3 is 0 Å². The minimum Gasteiger partial charge on any atom is -0.872 e. The van der Waals surface area contributed by atoms with Gasteiger partial charge in [0.1, 0.15) is 0 Å². The van der Waals surface area contributed by atoms with Crippen LogP contribution in [0.15, 0.2) is 48.5 Å². The molecule has 0 spiro atoms. The first-order chi connectivity index (χ1) is 12.4. The molecule has 26 heavy (non-hydrogen) atoms. The predicted molar refractivity (Wildman–Crippen MR) is 92.0 cm³/mol. The molecule has 2 rings (SSSR count). The van der Waals surface area contributed by atoms with Gasteiger partial charge in [0.05, 0.1) is 17.4 Å². The molecule has 0 saturated carbocycles. The first-order valence-electron chi connectivity index (χ1n) is 7.90.